The van der Waals surface area contributed by atoms with E-state index in [-0.39, 0.29) is 23.0 Å². The minimum atomic E-state index is -0.352. The molecule has 0 unspecified atom stereocenters. The van der Waals surface area contributed by atoms with Gasteiger partial charge in [0.25, 0.3) is 5.56 Å². The maximum absolute atomic E-state index is 13.6. The van der Waals surface area contributed by atoms with E-state index in [1.54, 1.807) is 13.0 Å². The quantitative estimate of drug-likeness (QED) is 0.419. The predicted octanol–water partition coefficient (Wildman–Crippen LogP) is 4.78. The Kier molecular flexibility index (Phi) is 6.24. The lowest BCUT2D eigenvalue weighted by Crippen LogP contribution is -2.44. The number of halogens is 1. The average molecular weight is 446 g/mol. The van der Waals surface area contributed by atoms with Gasteiger partial charge in [-0.25, -0.2) is 9.37 Å². The number of aryl methyl sites for hydroxylation is 1. The molecule has 0 N–H and O–H groups in total. The Morgan fingerprint density at radius 3 is 2.93 bits per heavy atom. The van der Waals surface area contributed by atoms with Crippen LogP contribution in [0.15, 0.2) is 39.6 Å². The number of amides is 1. The summed E-state index contributed by atoms with van der Waals surface area (Å²) in [4.78, 5) is 32.8. The highest BCUT2D eigenvalue weighted by molar-refractivity contribution is 7.99. The lowest BCUT2D eigenvalue weighted by molar-refractivity contribution is -0.132. The zero-order valence-corrected chi connectivity index (χ0v) is 18.7. The molecule has 0 radical (unpaired) electrons. The van der Waals surface area contributed by atoms with Gasteiger partial charge in [-0.1, -0.05) is 18.7 Å². The van der Waals surface area contributed by atoms with Gasteiger partial charge in [0.15, 0.2) is 5.16 Å². The lowest BCUT2D eigenvalue weighted by Gasteiger charge is -2.35. The van der Waals surface area contributed by atoms with Crippen LogP contribution in [0.5, 0.6) is 0 Å². The van der Waals surface area contributed by atoms with Crippen LogP contribution in [0, 0.1) is 12.7 Å². The first-order chi connectivity index (χ1) is 14.5. The highest BCUT2D eigenvalue weighted by Crippen LogP contribution is 2.27. The van der Waals surface area contributed by atoms with Crippen LogP contribution < -0.4 is 5.56 Å². The number of benzene rings is 1. The van der Waals surface area contributed by atoms with E-state index in [1.807, 2.05) is 16.3 Å². The number of likely N-dealkylation sites (tertiary alicyclic amines) is 1. The number of hydrogen-bond acceptors (Lipinski definition) is 5. The van der Waals surface area contributed by atoms with Crippen LogP contribution in [-0.2, 0) is 4.79 Å². The van der Waals surface area contributed by atoms with Gasteiger partial charge in [0.2, 0.25) is 5.91 Å². The molecule has 1 atom stereocenters. The molecule has 1 aliphatic heterocycles. The van der Waals surface area contributed by atoms with Crippen molar-refractivity contribution in [3.05, 3.63) is 51.4 Å². The standard InChI is InChI=1S/C22H24FN3O2S2/c1-3-16-6-4-5-10-25(16)19(27)13-30-22-24-17-9-11-29-20(17)21(28)26(22)18-8-7-15(23)12-14(18)2/h7-9,11-12,16H,3-6,10,13H2,1-2H3/t16-/m0/s1. The van der Waals surface area contributed by atoms with Crippen molar-refractivity contribution in [2.45, 2.75) is 50.7 Å². The predicted molar refractivity (Wildman–Crippen MR) is 120 cm³/mol. The van der Waals surface area contributed by atoms with E-state index in [2.05, 4.69) is 11.9 Å². The number of thioether (sulfide) groups is 1. The first kappa shape index (κ1) is 21.1. The number of fused-ring (bicyclic) bond motifs is 1. The summed E-state index contributed by atoms with van der Waals surface area (Å²) in [5.74, 6) is -0.0538. The third kappa shape index (κ3) is 4.03. The Morgan fingerprint density at radius 1 is 1.33 bits per heavy atom. The molecule has 1 fully saturated rings. The van der Waals surface area contributed by atoms with E-state index in [0.29, 0.717) is 32.7 Å². The summed E-state index contributed by atoms with van der Waals surface area (Å²) in [5.41, 5.74) is 1.66. The maximum Gasteiger partial charge on any atom is 0.276 e. The van der Waals surface area contributed by atoms with E-state index in [9.17, 15) is 14.0 Å². The molecule has 3 aromatic rings. The number of thiophene rings is 1. The summed E-state index contributed by atoms with van der Waals surface area (Å²) < 4.78 is 15.7. The fourth-order valence-corrected chi connectivity index (χ4v) is 5.68. The molecule has 8 heteroatoms. The zero-order chi connectivity index (χ0) is 21.3. The fourth-order valence-electron chi connectivity index (χ4n) is 4.03. The van der Waals surface area contributed by atoms with Crippen LogP contribution >= 0.6 is 23.1 Å². The van der Waals surface area contributed by atoms with E-state index < -0.39 is 0 Å². The molecule has 1 saturated heterocycles. The first-order valence-corrected chi connectivity index (χ1v) is 12.0. The highest BCUT2D eigenvalue weighted by atomic mass is 32.2. The summed E-state index contributed by atoms with van der Waals surface area (Å²) in [6.07, 6.45) is 4.20. The van der Waals surface area contributed by atoms with Gasteiger partial charge in [0.1, 0.15) is 10.5 Å². The van der Waals surface area contributed by atoms with Crippen molar-refractivity contribution in [1.82, 2.24) is 14.5 Å². The third-order valence-corrected chi connectivity index (χ3v) is 7.41. The smallest absolute Gasteiger partial charge is 0.276 e. The number of carbonyl (C=O) groups is 1. The first-order valence-electron chi connectivity index (χ1n) is 10.2. The van der Waals surface area contributed by atoms with Gasteiger partial charge in [0, 0.05) is 12.6 Å². The SMILES string of the molecule is CC[C@H]1CCCCN1C(=O)CSc1nc2ccsc2c(=O)n1-c1ccc(F)cc1C. The molecular formula is C22H24FN3O2S2. The molecule has 5 nitrogen and oxygen atoms in total. The summed E-state index contributed by atoms with van der Waals surface area (Å²) in [7, 11) is 0. The molecule has 0 aliphatic carbocycles. The minimum absolute atomic E-state index is 0.0774. The second kappa shape index (κ2) is 8.89. The Hall–Kier alpha value is -2.19. The second-order valence-corrected chi connectivity index (χ2v) is 9.39. The highest BCUT2D eigenvalue weighted by Gasteiger charge is 2.26. The summed E-state index contributed by atoms with van der Waals surface area (Å²) in [5, 5.41) is 2.29. The van der Waals surface area contributed by atoms with Crippen LogP contribution in [0.4, 0.5) is 4.39 Å². The summed E-state index contributed by atoms with van der Waals surface area (Å²) in [6, 6.07) is 6.44. The monoisotopic (exact) mass is 445 g/mol. The topological polar surface area (TPSA) is 55.2 Å². The normalized spacial score (nSPS) is 16.9. The molecule has 0 spiro atoms. The van der Waals surface area contributed by atoms with Crippen LogP contribution in [0.2, 0.25) is 0 Å². The van der Waals surface area contributed by atoms with Crippen LogP contribution in [0.1, 0.15) is 38.2 Å². The lowest BCUT2D eigenvalue weighted by atomic mass is 10.0. The Labute approximate surface area is 182 Å². The van der Waals surface area contributed by atoms with Crippen molar-refractivity contribution in [1.29, 1.82) is 0 Å². The van der Waals surface area contributed by atoms with Gasteiger partial charge < -0.3 is 4.90 Å². The number of piperidine rings is 1. The second-order valence-electron chi connectivity index (χ2n) is 7.53. The number of nitrogens with zero attached hydrogens (tertiary/aromatic N) is 3. The maximum atomic E-state index is 13.6. The molecule has 2 aromatic heterocycles. The van der Waals surface area contributed by atoms with E-state index in [0.717, 1.165) is 32.2 Å². The van der Waals surface area contributed by atoms with E-state index in [1.165, 1.54) is 39.8 Å². The summed E-state index contributed by atoms with van der Waals surface area (Å²) >= 11 is 2.61. The van der Waals surface area contributed by atoms with E-state index in [4.69, 9.17) is 0 Å². The summed E-state index contributed by atoms with van der Waals surface area (Å²) in [6.45, 7) is 4.67. The Morgan fingerprint density at radius 2 is 2.17 bits per heavy atom. The third-order valence-electron chi connectivity index (χ3n) is 5.59. The van der Waals surface area contributed by atoms with Gasteiger partial charge >= 0.3 is 0 Å². The molecule has 4 rings (SSSR count). The fraction of sp³-hybridized carbons (Fsp3) is 0.409. The average Bonchev–Trinajstić information content (AvgIpc) is 3.22. The molecule has 1 aromatic carbocycles. The number of hydrogen-bond donors (Lipinski definition) is 0. The molecule has 3 heterocycles. The van der Waals surface area contributed by atoms with Crippen LogP contribution in [0.3, 0.4) is 0 Å². The molecule has 1 amide bonds. The van der Waals surface area contributed by atoms with Gasteiger partial charge in [-0.05, 0) is 67.8 Å². The molecule has 30 heavy (non-hydrogen) atoms. The van der Waals surface area contributed by atoms with Gasteiger partial charge in [-0.3, -0.25) is 14.2 Å². The molecular weight excluding hydrogens is 421 g/mol. The minimum Gasteiger partial charge on any atom is -0.339 e. The van der Waals surface area contributed by atoms with Crippen LogP contribution in [-0.4, -0.2) is 38.7 Å². The van der Waals surface area contributed by atoms with Crippen molar-refractivity contribution >= 4 is 39.2 Å². The number of carbonyl (C=O) groups excluding carboxylic acids is 1. The molecule has 1 aliphatic rings. The molecule has 0 saturated carbocycles. The Balaban J connectivity index is 1.69. The van der Waals surface area contributed by atoms with Crippen molar-refractivity contribution in [3.63, 3.8) is 0 Å². The zero-order valence-electron chi connectivity index (χ0n) is 17.1. The van der Waals surface area contributed by atoms with Crippen molar-refractivity contribution in [3.8, 4) is 5.69 Å². The molecule has 158 valence electrons. The van der Waals surface area contributed by atoms with Gasteiger partial charge in [0.05, 0.1) is 17.0 Å². The number of aromatic nitrogens is 2. The largest absolute Gasteiger partial charge is 0.339 e. The van der Waals surface area contributed by atoms with Gasteiger partial charge in [-0.15, -0.1) is 11.3 Å². The van der Waals surface area contributed by atoms with E-state index >= 15 is 0 Å². The number of rotatable bonds is 5. The van der Waals surface area contributed by atoms with Crippen molar-refractivity contribution in [2.24, 2.45) is 0 Å². The van der Waals surface area contributed by atoms with Crippen molar-refractivity contribution in [2.75, 3.05) is 12.3 Å². The van der Waals surface area contributed by atoms with Crippen molar-refractivity contribution < 1.29 is 9.18 Å². The molecule has 0 bridgehead atoms. The Bertz CT molecular complexity index is 1140. The van der Waals surface area contributed by atoms with Gasteiger partial charge in [-0.2, -0.15) is 0 Å². The van der Waals surface area contributed by atoms with Crippen LogP contribution in [0.25, 0.3) is 15.9 Å².